The summed E-state index contributed by atoms with van der Waals surface area (Å²) in [5.74, 6) is 0.351. The Morgan fingerprint density at radius 2 is 1.87 bits per heavy atom. The second kappa shape index (κ2) is 8.76. The molecule has 0 fully saturated rings. The van der Waals surface area contributed by atoms with Gasteiger partial charge in [-0.2, -0.15) is 0 Å². The third-order valence-electron chi connectivity index (χ3n) is 3.30. The van der Waals surface area contributed by atoms with Crippen LogP contribution in [0.25, 0.3) is 0 Å². The predicted octanol–water partition coefficient (Wildman–Crippen LogP) is 2.16. The molecular formula is C16H26N2O4S. The molecule has 1 N–H and O–H groups in total. The highest BCUT2D eigenvalue weighted by atomic mass is 32.2. The lowest BCUT2D eigenvalue weighted by Crippen LogP contribution is -2.43. The van der Waals surface area contributed by atoms with E-state index in [2.05, 4.69) is 5.32 Å². The van der Waals surface area contributed by atoms with Gasteiger partial charge in [-0.15, -0.1) is 0 Å². The van der Waals surface area contributed by atoms with Gasteiger partial charge in [-0.1, -0.05) is 13.8 Å². The van der Waals surface area contributed by atoms with Crippen LogP contribution in [-0.4, -0.2) is 39.8 Å². The van der Waals surface area contributed by atoms with Crippen molar-refractivity contribution in [2.45, 2.75) is 39.7 Å². The van der Waals surface area contributed by atoms with E-state index in [1.54, 1.807) is 24.3 Å². The maximum absolute atomic E-state index is 12.0. The van der Waals surface area contributed by atoms with Gasteiger partial charge in [0.2, 0.25) is 15.9 Å². The van der Waals surface area contributed by atoms with Gasteiger partial charge in [0, 0.05) is 6.04 Å². The van der Waals surface area contributed by atoms with Gasteiger partial charge in [-0.05, 0) is 44.0 Å². The number of carbonyl (C=O) groups is 1. The topological polar surface area (TPSA) is 75.7 Å². The number of nitrogens with one attached hydrogen (secondary N) is 1. The highest BCUT2D eigenvalue weighted by Gasteiger charge is 2.21. The number of carbonyl (C=O) groups excluding carboxylic acids is 1. The molecule has 0 radical (unpaired) electrons. The van der Waals surface area contributed by atoms with Crippen molar-refractivity contribution in [1.82, 2.24) is 5.32 Å². The lowest BCUT2D eigenvalue weighted by molar-refractivity contribution is -0.120. The summed E-state index contributed by atoms with van der Waals surface area (Å²) in [6, 6.07) is 6.70. The van der Waals surface area contributed by atoms with E-state index in [-0.39, 0.29) is 18.5 Å². The molecule has 1 amide bonds. The van der Waals surface area contributed by atoms with Gasteiger partial charge >= 0.3 is 0 Å². The summed E-state index contributed by atoms with van der Waals surface area (Å²) in [4.78, 5) is 12.0. The number of hydrogen-bond donors (Lipinski definition) is 1. The number of anilines is 1. The van der Waals surface area contributed by atoms with Gasteiger partial charge in [0.1, 0.15) is 12.3 Å². The van der Waals surface area contributed by atoms with E-state index in [9.17, 15) is 13.2 Å². The fourth-order valence-corrected chi connectivity index (χ4v) is 2.74. The van der Waals surface area contributed by atoms with Crippen LogP contribution >= 0.6 is 0 Å². The Balaban J connectivity index is 2.88. The molecule has 0 heterocycles. The smallest absolute Gasteiger partial charge is 0.240 e. The number of ether oxygens (including phenoxy) is 1. The van der Waals surface area contributed by atoms with Crippen molar-refractivity contribution in [3.8, 4) is 5.75 Å². The number of nitrogens with zero attached hydrogens (tertiary/aromatic N) is 1. The van der Waals surface area contributed by atoms with Gasteiger partial charge in [-0.3, -0.25) is 9.10 Å². The van der Waals surface area contributed by atoms with Crippen molar-refractivity contribution in [3.63, 3.8) is 0 Å². The molecule has 1 atom stereocenters. The van der Waals surface area contributed by atoms with Gasteiger partial charge < -0.3 is 10.1 Å². The van der Waals surface area contributed by atoms with Gasteiger partial charge in [0.05, 0.1) is 18.6 Å². The van der Waals surface area contributed by atoms with Crippen molar-refractivity contribution in [1.29, 1.82) is 0 Å². The Morgan fingerprint density at radius 1 is 1.26 bits per heavy atom. The molecule has 6 nitrogen and oxygen atoms in total. The average molecular weight is 342 g/mol. The molecule has 7 heteroatoms. The van der Waals surface area contributed by atoms with Crippen LogP contribution in [0.1, 0.15) is 33.6 Å². The van der Waals surface area contributed by atoms with E-state index < -0.39 is 10.0 Å². The number of sulfonamides is 1. The molecule has 0 aliphatic rings. The zero-order valence-electron chi connectivity index (χ0n) is 14.2. The summed E-state index contributed by atoms with van der Waals surface area (Å²) in [7, 11) is -3.55. The molecular weight excluding hydrogens is 316 g/mol. The molecule has 1 aromatic carbocycles. The third-order valence-corrected chi connectivity index (χ3v) is 4.45. The Bertz CT molecular complexity index is 599. The van der Waals surface area contributed by atoms with Crippen molar-refractivity contribution in [3.05, 3.63) is 24.3 Å². The largest absolute Gasteiger partial charge is 0.494 e. The summed E-state index contributed by atoms with van der Waals surface area (Å²) < 4.78 is 30.6. The molecule has 130 valence electrons. The quantitative estimate of drug-likeness (QED) is 0.746. The summed E-state index contributed by atoms with van der Waals surface area (Å²) in [5, 5.41) is 2.77. The van der Waals surface area contributed by atoms with Gasteiger partial charge in [0.15, 0.2) is 0 Å². The molecule has 0 saturated carbocycles. The molecule has 1 aromatic rings. The number of benzene rings is 1. The van der Waals surface area contributed by atoms with Crippen LogP contribution < -0.4 is 14.4 Å². The summed E-state index contributed by atoms with van der Waals surface area (Å²) in [5.41, 5.74) is 0.440. The normalized spacial score (nSPS) is 12.5. The summed E-state index contributed by atoms with van der Waals surface area (Å²) in [6.07, 6.45) is 2.77. The molecule has 1 unspecified atom stereocenters. The van der Waals surface area contributed by atoms with Crippen molar-refractivity contribution < 1.29 is 17.9 Å². The minimum absolute atomic E-state index is 0.00808. The zero-order chi connectivity index (χ0) is 17.5. The third kappa shape index (κ3) is 6.48. The SMILES string of the molecule is CCCOc1ccc(N(CC(=O)NC(C)CC)S(C)(=O)=O)cc1. The van der Waals surface area contributed by atoms with Crippen LogP contribution in [0, 0.1) is 0 Å². The Kier molecular flexibility index (Phi) is 7.35. The second-order valence-electron chi connectivity index (χ2n) is 5.49. The van der Waals surface area contributed by atoms with Crippen LogP contribution in [0.15, 0.2) is 24.3 Å². The molecule has 0 aliphatic carbocycles. The highest BCUT2D eigenvalue weighted by molar-refractivity contribution is 7.92. The molecule has 0 aromatic heterocycles. The minimum Gasteiger partial charge on any atom is -0.494 e. The first-order valence-corrected chi connectivity index (χ1v) is 9.62. The van der Waals surface area contributed by atoms with Crippen LogP contribution in [0.2, 0.25) is 0 Å². The molecule has 0 bridgehead atoms. The number of amides is 1. The van der Waals surface area contributed by atoms with Crippen LogP contribution in [0.3, 0.4) is 0 Å². The first-order valence-electron chi connectivity index (χ1n) is 7.77. The fraction of sp³-hybridized carbons (Fsp3) is 0.562. The van der Waals surface area contributed by atoms with Crippen LogP contribution in [0.4, 0.5) is 5.69 Å². The van der Waals surface area contributed by atoms with Crippen LogP contribution in [-0.2, 0) is 14.8 Å². The Morgan fingerprint density at radius 3 is 2.35 bits per heavy atom. The van der Waals surface area contributed by atoms with Crippen molar-refractivity contribution in [2.24, 2.45) is 0 Å². The second-order valence-corrected chi connectivity index (χ2v) is 7.40. The molecule has 0 aliphatic heterocycles. The lowest BCUT2D eigenvalue weighted by Gasteiger charge is -2.23. The standard InChI is InChI=1S/C16H26N2O4S/c1-5-11-22-15-9-7-14(8-10-15)18(23(4,20)21)12-16(19)17-13(3)6-2/h7-10,13H,5-6,11-12H2,1-4H3,(H,17,19). The lowest BCUT2D eigenvalue weighted by atomic mass is 10.2. The van der Waals surface area contributed by atoms with Crippen molar-refractivity contribution >= 4 is 21.6 Å². The number of rotatable bonds is 9. The van der Waals surface area contributed by atoms with E-state index >= 15 is 0 Å². The summed E-state index contributed by atoms with van der Waals surface area (Å²) in [6.45, 7) is 6.21. The van der Waals surface area contributed by atoms with E-state index in [1.165, 1.54) is 0 Å². The van der Waals surface area contributed by atoms with Gasteiger partial charge in [-0.25, -0.2) is 8.42 Å². The zero-order valence-corrected chi connectivity index (χ0v) is 15.0. The monoisotopic (exact) mass is 342 g/mol. The van der Waals surface area contributed by atoms with Crippen LogP contribution in [0.5, 0.6) is 5.75 Å². The Hall–Kier alpha value is -1.76. The average Bonchev–Trinajstić information content (AvgIpc) is 2.50. The summed E-state index contributed by atoms with van der Waals surface area (Å²) >= 11 is 0. The number of hydrogen-bond acceptors (Lipinski definition) is 4. The highest BCUT2D eigenvalue weighted by Crippen LogP contribution is 2.21. The molecule has 0 spiro atoms. The van der Waals surface area contributed by atoms with Gasteiger partial charge in [0.25, 0.3) is 0 Å². The van der Waals surface area contributed by atoms with Crippen molar-refractivity contribution in [2.75, 3.05) is 23.7 Å². The van der Waals surface area contributed by atoms with E-state index in [0.717, 1.165) is 23.4 Å². The first kappa shape index (κ1) is 19.3. The molecule has 23 heavy (non-hydrogen) atoms. The van der Waals surface area contributed by atoms with E-state index in [4.69, 9.17) is 4.74 Å². The Labute approximate surface area is 138 Å². The molecule has 1 rings (SSSR count). The van der Waals surface area contributed by atoms with E-state index in [0.29, 0.717) is 18.0 Å². The minimum atomic E-state index is -3.55. The predicted molar refractivity (Wildman–Crippen MR) is 92.3 cm³/mol. The fourth-order valence-electron chi connectivity index (χ4n) is 1.88. The van der Waals surface area contributed by atoms with E-state index in [1.807, 2.05) is 20.8 Å². The first-order chi connectivity index (χ1) is 10.8. The molecule has 0 saturated heterocycles. The maximum atomic E-state index is 12.0. The maximum Gasteiger partial charge on any atom is 0.240 e.